The van der Waals surface area contributed by atoms with Crippen molar-refractivity contribution in [1.29, 1.82) is 0 Å². The lowest BCUT2D eigenvalue weighted by molar-refractivity contribution is -0.170. The number of nitrogens with one attached hydrogen (secondary N) is 1. The summed E-state index contributed by atoms with van der Waals surface area (Å²) in [5.41, 5.74) is 0.423. The Morgan fingerprint density at radius 3 is 2.58 bits per heavy atom. The first-order valence-electron chi connectivity index (χ1n) is 11.0. The summed E-state index contributed by atoms with van der Waals surface area (Å²) < 4.78 is 56.3. The Morgan fingerprint density at radius 2 is 2.00 bits per heavy atom. The van der Waals surface area contributed by atoms with Gasteiger partial charge < -0.3 is 34.6 Å². The van der Waals surface area contributed by atoms with E-state index < -0.39 is 55.3 Å². The fourth-order valence-electron chi connectivity index (χ4n) is 4.44. The van der Waals surface area contributed by atoms with Crippen LogP contribution in [0.25, 0.3) is 0 Å². The van der Waals surface area contributed by atoms with Gasteiger partial charge in [0.25, 0.3) is 0 Å². The molecule has 1 aliphatic heterocycles. The molecule has 1 heterocycles. The Balaban J connectivity index is 2.13. The quantitative estimate of drug-likeness (QED) is 0.384. The summed E-state index contributed by atoms with van der Waals surface area (Å²) in [5.74, 6) is -2.42. The van der Waals surface area contributed by atoms with Gasteiger partial charge in [-0.05, 0) is 18.2 Å². The molecular formula is C23H27F3N2O8. The van der Waals surface area contributed by atoms with Gasteiger partial charge in [-0.2, -0.15) is 13.2 Å². The van der Waals surface area contributed by atoms with Gasteiger partial charge in [-0.15, -0.1) is 0 Å². The summed E-state index contributed by atoms with van der Waals surface area (Å²) in [4.78, 5) is 37.7. The number of nitrogens with zero attached hydrogens (tertiary/aromatic N) is 1. The van der Waals surface area contributed by atoms with Crippen LogP contribution in [0.5, 0.6) is 11.5 Å². The average molecular weight is 516 g/mol. The number of carbonyl (C=O) groups is 3. The van der Waals surface area contributed by atoms with Gasteiger partial charge in [-0.25, -0.2) is 0 Å². The molecule has 2 aliphatic rings. The smallest absolute Gasteiger partial charge is 0.406 e. The standard InChI is InChI=1S/C23H27F3N2O8/c1-34-6-3-17(31)28(11-23(24,25)26)15-9-14(22(33)27-4-5-29)18-13-7-12(10-30)8-16(35-2)20(13)36-21(18)19(15)32/h7-10,15,18-19,21,29,32H,3-6,11H2,1-2H3,(H,27,33)/t15-,18+,19+,21+/m1/s1. The predicted molar refractivity (Wildman–Crippen MR) is 118 cm³/mol. The van der Waals surface area contributed by atoms with Crippen LogP contribution in [0.1, 0.15) is 28.3 Å². The average Bonchev–Trinajstić information content (AvgIpc) is 3.23. The van der Waals surface area contributed by atoms with E-state index in [-0.39, 0.29) is 42.2 Å². The number of methoxy groups -OCH3 is 2. The van der Waals surface area contributed by atoms with Gasteiger partial charge in [0.2, 0.25) is 11.8 Å². The minimum Gasteiger partial charge on any atom is -0.493 e. The molecule has 1 aromatic carbocycles. The third-order valence-corrected chi connectivity index (χ3v) is 5.96. The predicted octanol–water partition coefficient (Wildman–Crippen LogP) is 0.558. The number of aliphatic hydroxyl groups is 2. The third-order valence-electron chi connectivity index (χ3n) is 5.96. The molecule has 0 fully saturated rings. The number of ether oxygens (including phenoxy) is 3. The second-order valence-corrected chi connectivity index (χ2v) is 8.28. The summed E-state index contributed by atoms with van der Waals surface area (Å²) in [6.45, 7) is -2.37. The molecule has 0 saturated carbocycles. The van der Waals surface area contributed by atoms with Crippen molar-refractivity contribution in [3.05, 3.63) is 34.9 Å². The number of alkyl halides is 3. The number of aliphatic hydroxyl groups excluding tert-OH is 2. The Labute approximate surface area is 204 Å². The largest absolute Gasteiger partial charge is 0.493 e. The molecule has 0 spiro atoms. The van der Waals surface area contributed by atoms with Crippen molar-refractivity contribution >= 4 is 18.1 Å². The fraction of sp³-hybridized carbons (Fsp3) is 0.522. The monoisotopic (exact) mass is 516 g/mol. The molecule has 1 aliphatic carbocycles. The van der Waals surface area contributed by atoms with Gasteiger partial charge >= 0.3 is 6.18 Å². The number of carbonyl (C=O) groups excluding carboxylic acids is 3. The molecule has 0 aromatic heterocycles. The first-order chi connectivity index (χ1) is 17.1. The second-order valence-electron chi connectivity index (χ2n) is 8.28. The van der Waals surface area contributed by atoms with Crippen LogP contribution in [0.3, 0.4) is 0 Å². The van der Waals surface area contributed by atoms with Crippen molar-refractivity contribution in [2.45, 2.75) is 36.8 Å². The Hall–Kier alpha value is -3.16. The maximum absolute atomic E-state index is 13.4. The van der Waals surface area contributed by atoms with Crippen LogP contribution in [-0.2, 0) is 14.3 Å². The summed E-state index contributed by atoms with van der Waals surface area (Å²) >= 11 is 0. The SMILES string of the molecule is COCCC(=O)N(CC(F)(F)F)[C@@H]1C=C(C(=O)NCCO)[C@@H]2c3cc(C=O)cc(OC)c3O[C@@H]2[C@H]1O. The van der Waals surface area contributed by atoms with Gasteiger partial charge in [0.05, 0.1) is 38.7 Å². The van der Waals surface area contributed by atoms with E-state index in [0.717, 1.165) is 6.08 Å². The molecule has 13 heteroatoms. The van der Waals surface area contributed by atoms with Crippen molar-refractivity contribution in [3.8, 4) is 11.5 Å². The molecule has 0 bridgehead atoms. The van der Waals surface area contributed by atoms with E-state index in [4.69, 9.17) is 19.3 Å². The molecule has 0 unspecified atom stereocenters. The highest BCUT2D eigenvalue weighted by molar-refractivity contribution is 5.96. The van der Waals surface area contributed by atoms with E-state index in [1.807, 2.05) is 0 Å². The third kappa shape index (κ3) is 5.63. The van der Waals surface area contributed by atoms with Crippen molar-refractivity contribution in [1.82, 2.24) is 10.2 Å². The summed E-state index contributed by atoms with van der Waals surface area (Å²) in [6.07, 6.45) is -6.47. The Kier molecular flexibility index (Phi) is 8.59. The zero-order valence-electron chi connectivity index (χ0n) is 19.6. The molecule has 4 atom stereocenters. The number of hydrogen-bond acceptors (Lipinski definition) is 8. The second kappa shape index (κ2) is 11.3. The topological polar surface area (TPSA) is 135 Å². The lowest BCUT2D eigenvalue weighted by atomic mass is 9.77. The van der Waals surface area contributed by atoms with Gasteiger partial charge in [0.1, 0.15) is 25.0 Å². The molecular weight excluding hydrogens is 489 g/mol. The van der Waals surface area contributed by atoms with Crippen molar-refractivity contribution in [2.24, 2.45) is 0 Å². The lowest BCUT2D eigenvalue weighted by Gasteiger charge is -2.40. The van der Waals surface area contributed by atoms with E-state index >= 15 is 0 Å². The highest BCUT2D eigenvalue weighted by atomic mass is 19.4. The van der Waals surface area contributed by atoms with Crippen molar-refractivity contribution in [2.75, 3.05) is 40.5 Å². The number of hydrogen-bond donors (Lipinski definition) is 3. The van der Waals surface area contributed by atoms with E-state index in [2.05, 4.69) is 5.32 Å². The maximum atomic E-state index is 13.4. The van der Waals surface area contributed by atoms with Crippen LogP contribution in [0.4, 0.5) is 13.2 Å². The summed E-state index contributed by atoms with van der Waals surface area (Å²) in [6, 6.07) is 1.25. The normalized spacial score (nSPS) is 22.6. The zero-order chi connectivity index (χ0) is 26.6. The molecule has 0 saturated heterocycles. The van der Waals surface area contributed by atoms with Crippen molar-refractivity contribution < 1.29 is 52.0 Å². The molecule has 36 heavy (non-hydrogen) atoms. The number of benzene rings is 1. The number of halogens is 3. The minimum atomic E-state index is -4.80. The first kappa shape index (κ1) is 27.4. The van der Waals surface area contributed by atoms with E-state index in [1.54, 1.807) is 0 Å². The molecule has 198 valence electrons. The van der Waals surface area contributed by atoms with Gasteiger partial charge in [-0.3, -0.25) is 14.4 Å². The molecule has 2 amide bonds. The van der Waals surface area contributed by atoms with Gasteiger partial charge in [0.15, 0.2) is 11.5 Å². The van der Waals surface area contributed by atoms with E-state index in [1.165, 1.54) is 26.4 Å². The van der Waals surface area contributed by atoms with Crippen LogP contribution in [-0.4, -0.2) is 98.2 Å². The first-order valence-corrected chi connectivity index (χ1v) is 11.0. The van der Waals surface area contributed by atoms with E-state index in [9.17, 15) is 32.7 Å². The van der Waals surface area contributed by atoms with Gasteiger partial charge in [0, 0.05) is 30.4 Å². The highest BCUT2D eigenvalue weighted by Crippen LogP contribution is 2.51. The zero-order valence-corrected chi connectivity index (χ0v) is 19.6. The minimum absolute atomic E-state index is 0.0840. The molecule has 3 rings (SSSR count). The highest BCUT2D eigenvalue weighted by Gasteiger charge is 2.52. The van der Waals surface area contributed by atoms with Crippen LogP contribution >= 0.6 is 0 Å². The number of rotatable bonds is 10. The van der Waals surface area contributed by atoms with Crippen LogP contribution < -0.4 is 14.8 Å². The molecule has 0 radical (unpaired) electrons. The van der Waals surface area contributed by atoms with Crippen LogP contribution in [0.15, 0.2) is 23.8 Å². The van der Waals surface area contributed by atoms with Crippen molar-refractivity contribution in [3.63, 3.8) is 0 Å². The number of aldehydes is 1. The molecule has 1 aromatic rings. The van der Waals surface area contributed by atoms with Crippen LogP contribution in [0, 0.1) is 0 Å². The molecule has 3 N–H and O–H groups in total. The van der Waals surface area contributed by atoms with E-state index in [0.29, 0.717) is 16.7 Å². The Bertz CT molecular complexity index is 1030. The molecule has 10 nitrogen and oxygen atoms in total. The Morgan fingerprint density at radius 1 is 1.28 bits per heavy atom. The number of amides is 2. The van der Waals surface area contributed by atoms with Crippen LogP contribution in [0.2, 0.25) is 0 Å². The lowest BCUT2D eigenvalue weighted by Crippen LogP contribution is -2.57. The summed E-state index contributed by atoms with van der Waals surface area (Å²) in [7, 11) is 2.61. The fourth-order valence-corrected chi connectivity index (χ4v) is 4.44. The van der Waals surface area contributed by atoms with Gasteiger partial charge in [-0.1, -0.05) is 0 Å². The maximum Gasteiger partial charge on any atom is 0.406 e. The summed E-state index contributed by atoms with van der Waals surface area (Å²) in [5, 5.41) is 22.7. The number of fused-ring (bicyclic) bond motifs is 3.